The number of rotatable bonds is 4. The maximum atomic E-state index is 3.93. The van der Waals surface area contributed by atoms with Gasteiger partial charge in [0.15, 0.2) is 0 Å². The second-order valence-electron chi connectivity index (χ2n) is 5.73. The molecule has 0 aliphatic heterocycles. The molecule has 0 amide bonds. The predicted molar refractivity (Wildman–Crippen MR) is 76.4 cm³/mol. The van der Waals surface area contributed by atoms with Gasteiger partial charge in [-0.3, -0.25) is 0 Å². The normalized spacial score (nSPS) is 32.2. The van der Waals surface area contributed by atoms with Gasteiger partial charge in [0.25, 0.3) is 0 Å². The van der Waals surface area contributed by atoms with Crippen LogP contribution in [0, 0.1) is 17.8 Å². The molecule has 0 nitrogen and oxygen atoms in total. The fourth-order valence-corrected chi connectivity index (χ4v) is 4.78. The molecule has 17 heavy (non-hydrogen) atoms. The first-order chi connectivity index (χ1) is 8.31. The van der Waals surface area contributed by atoms with E-state index in [2.05, 4.69) is 47.1 Å². The Balaban J connectivity index is 1.67. The van der Waals surface area contributed by atoms with Gasteiger partial charge in [-0.25, -0.2) is 0 Å². The number of aryl methyl sites for hydroxylation is 1. The molecule has 0 radical (unpaired) electrons. The van der Waals surface area contributed by atoms with Crippen molar-refractivity contribution in [1.82, 2.24) is 0 Å². The van der Waals surface area contributed by atoms with Crippen molar-refractivity contribution in [2.75, 3.05) is 0 Å². The monoisotopic (exact) mass is 292 g/mol. The largest absolute Gasteiger partial charge is 0.0836 e. The molecule has 1 aromatic carbocycles. The van der Waals surface area contributed by atoms with Crippen LogP contribution in [0.3, 0.4) is 0 Å². The summed E-state index contributed by atoms with van der Waals surface area (Å²) in [5.74, 6) is 3.00. The van der Waals surface area contributed by atoms with Gasteiger partial charge >= 0.3 is 0 Å². The highest BCUT2D eigenvalue weighted by Crippen LogP contribution is 2.64. The summed E-state index contributed by atoms with van der Waals surface area (Å²) in [6.45, 7) is 2.24. The molecule has 1 aromatic rings. The summed E-state index contributed by atoms with van der Waals surface area (Å²) in [6.07, 6.45) is 6.88. The van der Waals surface area contributed by atoms with Crippen LogP contribution in [0.2, 0.25) is 0 Å². The first kappa shape index (κ1) is 11.8. The predicted octanol–water partition coefficient (Wildman–Crippen LogP) is 5.12. The molecule has 3 unspecified atom stereocenters. The van der Waals surface area contributed by atoms with Crippen LogP contribution in [0.15, 0.2) is 24.3 Å². The molecule has 2 aliphatic carbocycles. The Labute approximate surface area is 113 Å². The second-order valence-corrected chi connectivity index (χ2v) is 6.72. The van der Waals surface area contributed by atoms with Gasteiger partial charge in [-0.2, -0.15) is 0 Å². The summed E-state index contributed by atoms with van der Waals surface area (Å²) >= 11 is 3.93. The minimum Gasteiger partial charge on any atom is -0.0836 e. The molecule has 0 aromatic heterocycles. The highest BCUT2D eigenvalue weighted by molar-refractivity contribution is 9.09. The number of benzene rings is 1. The molecule has 0 N–H and O–H groups in total. The summed E-state index contributed by atoms with van der Waals surface area (Å²) in [6, 6.07) is 9.29. The Morgan fingerprint density at radius 1 is 1.18 bits per heavy atom. The summed E-state index contributed by atoms with van der Waals surface area (Å²) < 4.78 is 0. The lowest BCUT2D eigenvalue weighted by molar-refractivity contribution is 0.583. The quantitative estimate of drug-likeness (QED) is 0.676. The number of alkyl halides is 1. The van der Waals surface area contributed by atoms with Gasteiger partial charge in [0.2, 0.25) is 0 Å². The minimum absolute atomic E-state index is 0.605. The first-order valence-corrected chi connectivity index (χ1v) is 7.95. The Morgan fingerprint density at radius 2 is 1.82 bits per heavy atom. The van der Waals surface area contributed by atoms with Crippen molar-refractivity contribution in [2.24, 2.45) is 17.8 Å². The van der Waals surface area contributed by atoms with E-state index in [1.54, 1.807) is 0 Å². The van der Waals surface area contributed by atoms with Gasteiger partial charge in [0.1, 0.15) is 0 Å². The highest BCUT2D eigenvalue weighted by Gasteiger charge is 2.55. The van der Waals surface area contributed by atoms with Crippen molar-refractivity contribution in [3.63, 3.8) is 0 Å². The van der Waals surface area contributed by atoms with Gasteiger partial charge in [0, 0.05) is 4.83 Å². The van der Waals surface area contributed by atoms with Crippen molar-refractivity contribution in [3.05, 3.63) is 35.4 Å². The fraction of sp³-hybridized carbons (Fsp3) is 0.625. The third kappa shape index (κ3) is 2.19. The molecule has 0 saturated heterocycles. The molecular weight excluding hydrogens is 272 g/mol. The molecule has 0 spiro atoms. The van der Waals surface area contributed by atoms with Crippen LogP contribution in [-0.2, 0) is 6.42 Å². The number of hydrogen-bond donors (Lipinski definition) is 0. The van der Waals surface area contributed by atoms with E-state index in [1.807, 2.05) is 0 Å². The average molecular weight is 293 g/mol. The highest BCUT2D eigenvalue weighted by atomic mass is 79.9. The van der Waals surface area contributed by atoms with E-state index < -0.39 is 0 Å². The maximum absolute atomic E-state index is 3.93. The lowest BCUT2D eigenvalue weighted by Gasteiger charge is -2.13. The van der Waals surface area contributed by atoms with Crippen LogP contribution in [-0.4, -0.2) is 0 Å². The van der Waals surface area contributed by atoms with Gasteiger partial charge < -0.3 is 0 Å². The zero-order valence-corrected chi connectivity index (χ0v) is 12.1. The number of halogens is 1. The number of fused-ring (bicyclic) bond motifs is 1. The zero-order valence-electron chi connectivity index (χ0n) is 10.5. The van der Waals surface area contributed by atoms with E-state index in [-0.39, 0.29) is 0 Å². The van der Waals surface area contributed by atoms with Gasteiger partial charge in [-0.05, 0) is 48.1 Å². The fourth-order valence-electron chi connectivity index (χ4n) is 3.69. The second kappa shape index (κ2) is 4.76. The van der Waals surface area contributed by atoms with Crippen molar-refractivity contribution in [1.29, 1.82) is 0 Å². The Bertz CT molecular complexity index is 371. The molecule has 3 rings (SSSR count). The van der Waals surface area contributed by atoms with E-state index in [1.165, 1.54) is 43.2 Å². The van der Waals surface area contributed by atoms with E-state index in [0.29, 0.717) is 4.83 Å². The van der Waals surface area contributed by atoms with Crippen LogP contribution in [0.5, 0.6) is 0 Å². The van der Waals surface area contributed by atoms with E-state index in [4.69, 9.17) is 0 Å². The minimum atomic E-state index is 0.605. The lowest BCUT2D eigenvalue weighted by atomic mass is 10.0. The van der Waals surface area contributed by atoms with Crippen LogP contribution >= 0.6 is 15.9 Å². The summed E-state index contributed by atoms with van der Waals surface area (Å²) in [5.41, 5.74) is 2.97. The van der Waals surface area contributed by atoms with E-state index in [0.717, 1.165) is 17.8 Å². The third-order valence-electron chi connectivity index (χ3n) is 4.65. The standard InChI is InChI=1S/C16H21Br/c1-2-4-11-7-9-12(10-8-11)16(17)15-13-5-3-6-14(13)15/h7-10,13-16H,2-6H2,1H3. The third-order valence-corrected chi connectivity index (χ3v) is 5.79. The smallest absolute Gasteiger partial charge is 0.0429 e. The van der Waals surface area contributed by atoms with Gasteiger partial charge in [-0.15, -0.1) is 0 Å². The van der Waals surface area contributed by atoms with Gasteiger partial charge in [0.05, 0.1) is 0 Å². The average Bonchev–Trinajstić information content (AvgIpc) is 2.83. The molecule has 3 atom stereocenters. The first-order valence-electron chi connectivity index (χ1n) is 7.04. The van der Waals surface area contributed by atoms with E-state index in [9.17, 15) is 0 Å². The van der Waals surface area contributed by atoms with E-state index >= 15 is 0 Å². The van der Waals surface area contributed by atoms with Crippen molar-refractivity contribution in [2.45, 2.75) is 43.9 Å². The SMILES string of the molecule is CCCc1ccc(C(Br)C2C3CCCC32)cc1. The van der Waals surface area contributed by atoms with Crippen LogP contribution in [0.25, 0.3) is 0 Å². The van der Waals surface area contributed by atoms with Crippen molar-refractivity contribution < 1.29 is 0 Å². The Hall–Kier alpha value is -0.300. The van der Waals surface area contributed by atoms with Crippen LogP contribution in [0.1, 0.15) is 48.6 Å². The van der Waals surface area contributed by atoms with Crippen LogP contribution in [0.4, 0.5) is 0 Å². The molecule has 2 aliphatic rings. The maximum Gasteiger partial charge on any atom is 0.0429 e. The number of hydrogen-bond acceptors (Lipinski definition) is 0. The molecule has 0 heterocycles. The summed E-state index contributed by atoms with van der Waals surface area (Å²) in [7, 11) is 0. The Kier molecular flexibility index (Phi) is 3.30. The van der Waals surface area contributed by atoms with Crippen molar-refractivity contribution in [3.8, 4) is 0 Å². The van der Waals surface area contributed by atoms with Crippen molar-refractivity contribution >= 4 is 15.9 Å². The van der Waals surface area contributed by atoms with Crippen LogP contribution < -0.4 is 0 Å². The molecule has 92 valence electrons. The summed E-state index contributed by atoms with van der Waals surface area (Å²) in [5, 5.41) is 0. The zero-order chi connectivity index (χ0) is 11.8. The van der Waals surface area contributed by atoms with Gasteiger partial charge in [-0.1, -0.05) is 60.0 Å². The molecule has 2 fully saturated rings. The molecule has 0 bridgehead atoms. The topological polar surface area (TPSA) is 0 Å². The molecule has 2 saturated carbocycles. The molecule has 1 heteroatoms. The summed E-state index contributed by atoms with van der Waals surface area (Å²) in [4.78, 5) is 0.605. The lowest BCUT2D eigenvalue weighted by Crippen LogP contribution is -1.98. The Morgan fingerprint density at radius 3 is 2.41 bits per heavy atom. The molecular formula is C16H21Br.